The second kappa shape index (κ2) is 9.16. The molecule has 7 heteroatoms. The maximum atomic E-state index is 13.4. The lowest BCUT2D eigenvalue weighted by molar-refractivity contribution is -0.130. The van der Waals surface area contributed by atoms with Crippen molar-refractivity contribution < 1.29 is 19.4 Å². The van der Waals surface area contributed by atoms with Crippen LogP contribution in [0.5, 0.6) is 17.2 Å². The van der Waals surface area contributed by atoms with Gasteiger partial charge in [-0.15, -0.1) is 0 Å². The normalized spacial score (nSPS) is 25.0. The van der Waals surface area contributed by atoms with E-state index < -0.39 is 0 Å². The highest BCUT2D eigenvalue weighted by Gasteiger charge is 2.55. The third kappa shape index (κ3) is 3.83. The molecular formula is C24H31N3O4. The quantitative estimate of drug-likeness (QED) is 0.602. The van der Waals surface area contributed by atoms with Gasteiger partial charge in [0, 0.05) is 18.0 Å². The molecule has 31 heavy (non-hydrogen) atoms. The Morgan fingerprint density at radius 3 is 2.55 bits per heavy atom. The number of phenols is 1. The molecule has 2 aliphatic heterocycles. The number of para-hydroxylation sites is 1. The number of unbranched alkanes of at least 4 members (excludes halogenated alkanes) is 1. The molecular weight excluding hydrogens is 394 g/mol. The SMILES string of the molecule is CCCCN1C(=O)C2NNC(c3ccccc3O)C2C1c1ccc(OCC)c(OC)c1. The third-order valence-corrected chi connectivity index (χ3v) is 6.27. The monoisotopic (exact) mass is 425 g/mol. The van der Waals surface area contributed by atoms with Gasteiger partial charge in [0.1, 0.15) is 11.8 Å². The first-order valence-corrected chi connectivity index (χ1v) is 11.0. The van der Waals surface area contributed by atoms with Crippen molar-refractivity contribution in [3.63, 3.8) is 0 Å². The van der Waals surface area contributed by atoms with Gasteiger partial charge in [0.2, 0.25) is 5.91 Å². The van der Waals surface area contributed by atoms with E-state index >= 15 is 0 Å². The number of hydrazine groups is 1. The van der Waals surface area contributed by atoms with Crippen molar-refractivity contribution in [2.24, 2.45) is 5.92 Å². The number of ether oxygens (including phenoxy) is 2. The number of phenolic OH excluding ortho intramolecular Hbond substituents is 1. The van der Waals surface area contributed by atoms with E-state index in [4.69, 9.17) is 9.47 Å². The average molecular weight is 426 g/mol. The van der Waals surface area contributed by atoms with Crippen LogP contribution in [0.25, 0.3) is 0 Å². The van der Waals surface area contributed by atoms with E-state index in [1.165, 1.54) is 0 Å². The molecule has 3 N–H and O–H groups in total. The molecule has 0 bridgehead atoms. The summed E-state index contributed by atoms with van der Waals surface area (Å²) in [5.41, 5.74) is 8.26. The zero-order valence-electron chi connectivity index (χ0n) is 18.3. The molecule has 2 heterocycles. The van der Waals surface area contributed by atoms with Crippen LogP contribution in [0.2, 0.25) is 0 Å². The zero-order valence-corrected chi connectivity index (χ0v) is 18.3. The molecule has 0 aliphatic carbocycles. The van der Waals surface area contributed by atoms with E-state index in [1.807, 2.05) is 42.2 Å². The first-order valence-electron chi connectivity index (χ1n) is 11.0. The summed E-state index contributed by atoms with van der Waals surface area (Å²) in [6.07, 6.45) is 1.94. The highest BCUT2D eigenvalue weighted by atomic mass is 16.5. The Bertz CT molecular complexity index is 935. The van der Waals surface area contributed by atoms with Crippen LogP contribution in [0.4, 0.5) is 0 Å². The predicted octanol–water partition coefficient (Wildman–Crippen LogP) is 3.32. The van der Waals surface area contributed by atoms with Crippen molar-refractivity contribution in [3.05, 3.63) is 53.6 Å². The lowest BCUT2D eigenvalue weighted by Crippen LogP contribution is -2.41. The molecule has 0 saturated carbocycles. The Hall–Kier alpha value is -2.77. The molecule has 7 nitrogen and oxygen atoms in total. The number of fused-ring (bicyclic) bond motifs is 1. The van der Waals surface area contributed by atoms with Crippen molar-refractivity contribution >= 4 is 5.91 Å². The van der Waals surface area contributed by atoms with E-state index in [-0.39, 0.29) is 35.7 Å². The van der Waals surface area contributed by atoms with Crippen LogP contribution in [0, 0.1) is 5.92 Å². The molecule has 4 unspecified atom stereocenters. The van der Waals surface area contributed by atoms with Crippen LogP contribution in [-0.4, -0.2) is 42.2 Å². The second-order valence-corrected chi connectivity index (χ2v) is 8.05. The molecule has 1 amide bonds. The number of carbonyl (C=O) groups is 1. The van der Waals surface area contributed by atoms with Crippen LogP contribution < -0.4 is 20.3 Å². The fourth-order valence-electron chi connectivity index (χ4n) is 4.84. The first-order chi connectivity index (χ1) is 15.1. The number of aromatic hydroxyl groups is 1. The van der Waals surface area contributed by atoms with Crippen LogP contribution in [0.1, 0.15) is 49.9 Å². The largest absolute Gasteiger partial charge is 0.508 e. The standard InChI is InChI=1S/C24H31N3O4/c1-4-6-13-27-23(15-11-12-18(31-5-2)19(14-15)30-3)20-21(25-26-22(20)24(27)29)16-9-7-8-10-17(16)28/h7-12,14,20-23,25-26,28H,4-6,13H2,1-3H3. The topological polar surface area (TPSA) is 83.1 Å². The summed E-state index contributed by atoms with van der Waals surface area (Å²) in [6, 6.07) is 12.5. The summed E-state index contributed by atoms with van der Waals surface area (Å²) in [6.45, 7) is 5.31. The number of hydrogen-bond acceptors (Lipinski definition) is 6. The smallest absolute Gasteiger partial charge is 0.242 e. The molecule has 2 aliphatic rings. The number of amides is 1. The van der Waals surface area contributed by atoms with Gasteiger partial charge in [0.15, 0.2) is 11.5 Å². The third-order valence-electron chi connectivity index (χ3n) is 6.27. The lowest BCUT2D eigenvalue weighted by Gasteiger charge is -2.31. The zero-order chi connectivity index (χ0) is 22.0. The number of benzene rings is 2. The summed E-state index contributed by atoms with van der Waals surface area (Å²) in [7, 11) is 1.63. The maximum Gasteiger partial charge on any atom is 0.242 e. The Balaban J connectivity index is 1.77. The maximum absolute atomic E-state index is 13.4. The second-order valence-electron chi connectivity index (χ2n) is 8.05. The molecule has 2 fully saturated rings. The first kappa shape index (κ1) is 21.5. The Morgan fingerprint density at radius 1 is 1.06 bits per heavy atom. The summed E-state index contributed by atoms with van der Waals surface area (Å²) in [5, 5.41) is 10.5. The Labute approximate surface area is 183 Å². The van der Waals surface area contributed by atoms with E-state index in [0.717, 1.165) is 24.0 Å². The van der Waals surface area contributed by atoms with Gasteiger partial charge in [-0.1, -0.05) is 37.6 Å². The summed E-state index contributed by atoms with van der Waals surface area (Å²) >= 11 is 0. The van der Waals surface area contributed by atoms with Gasteiger partial charge in [-0.3, -0.25) is 4.79 Å². The van der Waals surface area contributed by atoms with E-state index in [0.29, 0.717) is 24.7 Å². The van der Waals surface area contributed by atoms with Gasteiger partial charge in [-0.2, -0.15) is 0 Å². The fourth-order valence-corrected chi connectivity index (χ4v) is 4.84. The molecule has 166 valence electrons. The minimum absolute atomic E-state index is 0.0831. The van der Waals surface area contributed by atoms with Gasteiger partial charge in [-0.05, 0) is 37.1 Å². The molecule has 4 rings (SSSR count). The number of methoxy groups -OCH3 is 1. The van der Waals surface area contributed by atoms with Crippen LogP contribution in [0.15, 0.2) is 42.5 Å². The van der Waals surface area contributed by atoms with Crippen LogP contribution in [0.3, 0.4) is 0 Å². The molecule has 2 saturated heterocycles. The van der Waals surface area contributed by atoms with E-state index in [2.05, 4.69) is 17.8 Å². The molecule has 4 atom stereocenters. The molecule has 0 radical (unpaired) electrons. The van der Waals surface area contributed by atoms with Crippen molar-refractivity contribution in [2.45, 2.75) is 44.8 Å². The number of nitrogens with zero attached hydrogens (tertiary/aromatic N) is 1. The van der Waals surface area contributed by atoms with Crippen molar-refractivity contribution in [3.8, 4) is 17.2 Å². The summed E-state index contributed by atoms with van der Waals surface area (Å²) in [5.74, 6) is 1.57. The Kier molecular flexibility index (Phi) is 6.34. The molecule has 0 spiro atoms. The fraction of sp³-hybridized carbons (Fsp3) is 0.458. The number of likely N-dealkylation sites (tertiary alicyclic amines) is 1. The molecule has 0 aromatic heterocycles. The van der Waals surface area contributed by atoms with E-state index in [9.17, 15) is 9.90 Å². The minimum atomic E-state index is -0.357. The molecule has 2 aromatic rings. The number of rotatable bonds is 8. The van der Waals surface area contributed by atoms with Crippen molar-refractivity contribution in [1.29, 1.82) is 0 Å². The van der Waals surface area contributed by atoms with E-state index in [1.54, 1.807) is 19.2 Å². The molecule has 2 aromatic carbocycles. The van der Waals surface area contributed by atoms with Crippen molar-refractivity contribution in [2.75, 3.05) is 20.3 Å². The number of nitrogens with one attached hydrogen (secondary N) is 2. The van der Waals surface area contributed by atoms with Gasteiger partial charge in [0.25, 0.3) is 0 Å². The van der Waals surface area contributed by atoms with Gasteiger partial charge in [-0.25, -0.2) is 10.9 Å². The van der Waals surface area contributed by atoms with Gasteiger partial charge >= 0.3 is 0 Å². The van der Waals surface area contributed by atoms with Gasteiger partial charge < -0.3 is 19.5 Å². The lowest BCUT2D eigenvalue weighted by atomic mass is 9.83. The minimum Gasteiger partial charge on any atom is -0.508 e. The highest BCUT2D eigenvalue weighted by molar-refractivity contribution is 5.86. The Morgan fingerprint density at radius 2 is 1.84 bits per heavy atom. The highest BCUT2D eigenvalue weighted by Crippen LogP contribution is 2.49. The number of hydrogen-bond donors (Lipinski definition) is 3. The summed E-state index contributed by atoms with van der Waals surface area (Å²) in [4.78, 5) is 15.3. The van der Waals surface area contributed by atoms with Crippen LogP contribution >= 0.6 is 0 Å². The van der Waals surface area contributed by atoms with Gasteiger partial charge in [0.05, 0.1) is 25.8 Å². The predicted molar refractivity (Wildman–Crippen MR) is 118 cm³/mol. The summed E-state index contributed by atoms with van der Waals surface area (Å²) < 4.78 is 11.3. The van der Waals surface area contributed by atoms with Crippen LogP contribution in [-0.2, 0) is 4.79 Å². The van der Waals surface area contributed by atoms with Crippen molar-refractivity contribution in [1.82, 2.24) is 15.8 Å². The number of carbonyl (C=O) groups excluding carboxylic acids is 1. The average Bonchev–Trinajstić information content (AvgIpc) is 3.32.